The minimum absolute atomic E-state index is 0.0692. The third-order valence-corrected chi connectivity index (χ3v) is 3.05. The van der Waals surface area contributed by atoms with E-state index in [1.54, 1.807) is 31.3 Å². The average Bonchev–Trinajstić information content (AvgIpc) is 2.54. The Labute approximate surface area is 129 Å². The SMILES string of the molecule is CNC(=O)c1ccc(NC(=O)COc2ccc(C)cc2)cc1. The fourth-order valence-electron chi connectivity index (χ4n) is 1.83. The summed E-state index contributed by atoms with van der Waals surface area (Å²) < 4.78 is 5.40. The maximum absolute atomic E-state index is 11.8. The summed E-state index contributed by atoms with van der Waals surface area (Å²) in [5.41, 5.74) is 2.29. The molecule has 0 aliphatic heterocycles. The Morgan fingerprint density at radius 3 is 2.23 bits per heavy atom. The fourth-order valence-corrected chi connectivity index (χ4v) is 1.83. The molecule has 2 aromatic carbocycles. The van der Waals surface area contributed by atoms with Crippen LogP contribution < -0.4 is 15.4 Å². The standard InChI is InChI=1S/C17H18N2O3/c1-12-3-9-15(10-4-12)22-11-16(20)19-14-7-5-13(6-8-14)17(21)18-2/h3-10H,11H2,1-2H3,(H,18,21)(H,19,20). The van der Waals surface area contributed by atoms with Crippen LogP contribution >= 0.6 is 0 Å². The van der Waals surface area contributed by atoms with Gasteiger partial charge in [0.05, 0.1) is 0 Å². The van der Waals surface area contributed by atoms with Crippen LogP contribution in [0.15, 0.2) is 48.5 Å². The summed E-state index contributed by atoms with van der Waals surface area (Å²) in [6.45, 7) is 1.92. The molecule has 0 aromatic heterocycles. The van der Waals surface area contributed by atoms with Gasteiger partial charge in [-0.25, -0.2) is 0 Å². The Bertz CT molecular complexity index is 649. The number of aryl methyl sites for hydroxylation is 1. The molecule has 0 unspecified atom stereocenters. The molecule has 0 aliphatic rings. The van der Waals surface area contributed by atoms with Gasteiger partial charge in [-0.05, 0) is 43.3 Å². The zero-order valence-corrected chi connectivity index (χ0v) is 12.6. The van der Waals surface area contributed by atoms with Crippen LogP contribution in [0.5, 0.6) is 5.75 Å². The lowest BCUT2D eigenvalue weighted by Gasteiger charge is -2.08. The second-order valence-electron chi connectivity index (χ2n) is 4.81. The molecule has 0 atom stereocenters. The zero-order chi connectivity index (χ0) is 15.9. The van der Waals surface area contributed by atoms with Crippen molar-refractivity contribution in [2.75, 3.05) is 19.0 Å². The number of carbonyl (C=O) groups is 2. The van der Waals surface area contributed by atoms with Crippen LogP contribution in [-0.2, 0) is 4.79 Å². The number of benzene rings is 2. The molecule has 0 aliphatic carbocycles. The largest absolute Gasteiger partial charge is 0.484 e. The summed E-state index contributed by atoms with van der Waals surface area (Å²) in [5.74, 6) is 0.226. The third-order valence-electron chi connectivity index (χ3n) is 3.05. The molecule has 2 amide bonds. The molecule has 0 saturated heterocycles. The van der Waals surface area contributed by atoms with Gasteiger partial charge in [-0.15, -0.1) is 0 Å². The normalized spacial score (nSPS) is 9.91. The summed E-state index contributed by atoms with van der Waals surface area (Å²) in [4.78, 5) is 23.2. The highest BCUT2D eigenvalue weighted by Crippen LogP contribution is 2.12. The van der Waals surface area contributed by atoms with Crippen LogP contribution in [0.1, 0.15) is 15.9 Å². The molecule has 0 fully saturated rings. The number of hydrogen-bond acceptors (Lipinski definition) is 3. The molecule has 0 spiro atoms. The van der Waals surface area contributed by atoms with Crippen LogP contribution in [-0.4, -0.2) is 25.5 Å². The van der Waals surface area contributed by atoms with Gasteiger partial charge in [0, 0.05) is 18.3 Å². The van der Waals surface area contributed by atoms with E-state index in [0.29, 0.717) is 17.0 Å². The van der Waals surface area contributed by atoms with E-state index in [9.17, 15) is 9.59 Å². The van der Waals surface area contributed by atoms with Gasteiger partial charge in [-0.1, -0.05) is 17.7 Å². The van der Waals surface area contributed by atoms with Crippen molar-refractivity contribution in [3.63, 3.8) is 0 Å². The molecule has 0 bridgehead atoms. The molecule has 5 nitrogen and oxygen atoms in total. The molecule has 0 heterocycles. The van der Waals surface area contributed by atoms with E-state index in [0.717, 1.165) is 5.56 Å². The molecular weight excluding hydrogens is 280 g/mol. The van der Waals surface area contributed by atoms with E-state index >= 15 is 0 Å². The summed E-state index contributed by atoms with van der Waals surface area (Å²) in [6, 6.07) is 14.1. The lowest BCUT2D eigenvalue weighted by atomic mass is 10.2. The number of amides is 2. The molecule has 2 N–H and O–H groups in total. The van der Waals surface area contributed by atoms with Crippen molar-refractivity contribution in [1.82, 2.24) is 5.32 Å². The Morgan fingerprint density at radius 1 is 1.00 bits per heavy atom. The number of rotatable bonds is 5. The lowest BCUT2D eigenvalue weighted by Crippen LogP contribution is -2.20. The van der Waals surface area contributed by atoms with E-state index < -0.39 is 0 Å². The summed E-state index contributed by atoms with van der Waals surface area (Å²) in [5, 5.41) is 5.25. The summed E-state index contributed by atoms with van der Waals surface area (Å²) >= 11 is 0. The van der Waals surface area contributed by atoms with Crippen molar-refractivity contribution >= 4 is 17.5 Å². The quantitative estimate of drug-likeness (QED) is 0.890. The Hall–Kier alpha value is -2.82. The third kappa shape index (κ3) is 4.34. The molecule has 2 aromatic rings. The number of ether oxygens (including phenoxy) is 1. The van der Waals surface area contributed by atoms with E-state index in [1.807, 2.05) is 31.2 Å². The summed E-state index contributed by atoms with van der Waals surface area (Å²) in [7, 11) is 1.57. The molecule has 22 heavy (non-hydrogen) atoms. The first kappa shape index (κ1) is 15.6. The van der Waals surface area contributed by atoms with E-state index in [4.69, 9.17) is 4.74 Å². The van der Waals surface area contributed by atoms with Gasteiger partial charge in [0.15, 0.2) is 6.61 Å². The monoisotopic (exact) mass is 298 g/mol. The fraction of sp³-hybridized carbons (Fsp3) is 0.176. The van der Waals surface area contributed by atoms with Gasteiger partial charge in [-0.3, -0.25) is 9.59 Å². The number of carbonyl (C=O) groups excluding carboxylic acids is 2. The smallest absolute Gasteiger partial charge is 0.262 e. The summed E-state index contributed by atoms with van der Waals surface area (Å²) in [6.07, 6.45) is 0. The minimum atomic E-state index is -0.256. The predicted octanol–water partition coefficient (Wildman–Crippen LogP) is 2.37. The number of anilines is 1. The predicted molar refractivity (Wildman–Crippen MR) is 85.1 cm³/mol. The maximum Gasteiger partial charge on any atom is 0.262 e. The highest BCUT2D eigenvalue weighted by Gasteiger charge is 2.06. The molecule has 2 rings (SSSR count). The first-order valence-electron chi connectivity index (χ1n) is 6.90. The Balaban J connectivity index is 1.86. The molecule has 0 saturated carbocycles. The second kappa shape index (κ2) is 7.26. The Morgan fingerprint density at radius 2 is 1.64 bits per heavy atom. The molecule has 0 radical (unpaired) electrons. The lowest BCUT2D eigenvalue weighted by molar-refractivity contribution is -0.118. The van der Waals surface area contributed by atoms with Crippen LogP contribution in [0, 0.1) is 6.92 Å². The first-order chi connectivity index (χ1) is 10.6. The maximum atomic E-state index is 11.8. The number of nitrogens with one attached hydrogen (secondary N) is 2. The van der Waals surface area contributed by atoms with E-state index in [1.165, 1.54) is 0 Å². The number of hydrogen-bond donors (Lipinski definition) is 2. The Kier molecular flexibility index (Phi) is 5.14. The molecule has 5 heteroatoms. The second-order valence-corrected chi connectivity index (χ2v) is 4.81. The first-order valence-corrected chi connectivity index (χ1v) is 6.90. The van der Waals surface area contributed by atoms with Gasteiger partial charge in [0.1, 0.15) is 5.75 Å². The van der Waals surface area contributed by atoms with Gasteiger partial charge >= 0.3 is 0 Å². The zero-order valence-electron chi connectivity index (χ0n) is 12.6. The van der Waals surface area contributed by atoms with Crippen molar-refractivity contribution in [3.05, 3.63) is 59.7 Å². The van der Waals surface area contributed by atoms with Gasteiger partial charge in [0.25, 0.3) is 11.8 Å². The molecule has 114 valence electrons. The van der Waals surface area contributed by atoms with Crippen LogP contribution in [0.2, 0.25) is 0 Å². The highest BCUT2D eigenvalue weighted by atomic mass is 16.5. The van der Waals surface area contributed by atoms with Crippen molar-refractivity contribution in [2.45, 2.75) is 6.92 Å². The van der Waals surface area contributed by atoms with Crippen LogP contribution in [0.3, 0.4) is 0 Å². The van der Waals surface area contributed by atoms with Crippen LogP contribution in [0.4, 0.5) is 5.69 Å². The van der Waals surface area contributed by atoms with Gasteiger partial charge in [0.2, 0.25) is 0 Å². The van der Waals surface area contributed by atoms with Gasteiger partial charge in [-0.2, -0.15) is 0 Å². The van der Waals surface area contributed by atoms with Crippen LogP contribution in [0.25, 0.3) is 0 Å². The van der Waals surface area contributed by atoms with E-state index in [2.05, 4.69) is 10.6 Å². The van der Waals surface area contributed by atoms with Crippen molar-refractivity contribution in [1.29, 1.82) is 0 Å². The van der Waals surface area contributed by atoms with Gasteiger partial charge < -0.3 is 15.4 Å². The van der Waals surface area contributed by atoms with Crippen molar-refractivity contribution in [3.8, 4) is 5.75 Å². The van der Waals surface area contributed by atoms with Crippen molar-refractivity contribution < 1.29 is 14.3 Å². The van der Waals surface area contributed by atoms with Crippen molar-refractivity contribution in [2.24, 2.45) is 0 Å². The minimum Gasteiger partial charge on any atom is -0.484 e. The highest BCUT2D eigenvalue weighted by molar-refractivity contribution is 5.95. The van der Waals surface area contributed by atoms with E-state index in [-0.39, 0.29) is 18.4 Å². The topological polar surface area (TPSA) is 67.4 Å². The molecular formula is C17H18N2O3. The average molecular weight is 298 g/mol.